The van der Waals surface area contributed by atoms with E-state index < -0.39 is 6.04 Å². The highest BCUT2D eigenvalue weighted by Crippen LogP contribution is 2.25. The Balaban J connectivity index is 3.24. The van der Waals surface area contributed by atoms with Gasteiger partial charge in [-0.15, -0.1) is 0 Å². The number of carbonyl (C=O) groups excluding carboxylic acids is 1. The number of nitriles is 1. The number of halogens is 1. The number of rotatable bonds is 2. The monoisotopic (exact) mass is 252 g/mol. The highest BCUT2D eigenvalue weighted by molar-refractivity contribution is 9.10. The third-order valence-corrected chi connectivity index (χ3v) is 2.81. The van der Waals surface area contributed by atoms with E-state index in [2.05, 4.69) is 15.9 Å². The lowest BCUT2D eigenvalue weighted by atomic mass is 10.0. The second-order valence-corrected chi connectivity index (χ2v) is 3.70. The number of hydrogen-bond donors (Lipinski definition) is 1. The van der Waals surface area contributed by atoms with Gasteiger partial charge in [0.1, 0.15) is 6.07 Å². The Hall–Kier alpha value is -1.18. The van der Waals surface area contributed by atoms with Crippen LogP contribution in [0, 0.1) is 11.3 Å². The second kappa shape index (κ2) is 4.36. The number of carbonyl (C=O) groups is 1. The third kappa shape index (κ3) is 2.00. The molecule has 1 rings (SSSR count). The number of benzene rings is 1. The third-order valence-electron chi connectivity index (χ3n) is 1.92. The topological polar surface area (TPSA) is 66.9 Å². The Morgan fingerprint density at radius 2 is 2.29 bits per heavy atom. The molecule has 1 aromatic rings. The lowest BCUT2D eigenvalue weighted by molar-refractivity contribution is -0.118. The summed E-state index contributed by atoms with van der Waals surface area (Å²) in [5.74, 6) is -0.124. The number of nitrogens with zero attached hydrogens (tertiary/aromatic N) is 1. The Morgan fingerprint density at radius 3 is 2.79 bits per heavy atom. The van der Waals surface area contributed by atoms with Gasteiger partial charge in [0.25, 0.3) is 0 Å². The van der Waals surface area contributed by atoms with Gasteiger partial charge in [0, 0.05) is 4.47 Å². The summed E-state index contributed by atoms with van der Waals surface area (Å²) < 4.78 is 0.602. The molecule has 0 spiro atoms. The van der Waals surface area contributed by atoms with Gasteiger partial charge in [-0.25, -0.2) is 0 Å². The maximum atomic E-state index is 11.1. The van der Waals surface area contributed by atoms with E-state index in [1.807, 2.05) is 6.07 Å². The highest BCUT2D eigenvalue weighted by atomic mass is 79.9. The number of Topliss-reactive ketones (excluding diaryl/α,β-unsaturated/α-hetero) is 1. The van der Waals surface area contributed by atoms with E-state index in [4.69, 9.17) is 11.0 Å². The minimum Gasteiger partial charge on any atom is -0.318 e. The first kappa shape index (κ1) is 10.9. The Labute approximate surface area is 90.7 Å². The molecule has 0 radical (unpaired) electrons. The summed E-state index contributed by atoms with van der Waals surface area (Å²) >= 11 is 3.26. The smallest absolute Gasteiger partial charge is 0.151 e. The summed E-state index contributed by atoms with van der Waals surface area (Å²) in [6.45, 7) is 1.43. The molecule has 1 aromatic carbocycles. The minimum atomic E-state index is -0.669. The van der Waals surface area contributed by atoms with Gasteiger partial charge in [0.05, 0.1) is 11.6 Å². The molecule has 0 heterocycles. The van der Waals surface area contributed by atoms with Crippen molar-refractivity contribution in [1.29, 1.82) is 5.26 Å². The molecule has 0 aromatic heterocycles. The molecular weight excluding hydrogens is 244 g/mol. The quantitative estimate of drug-likeness (QED) is 0.875. The lowest BCUT2D eigenvalue weighted by Crippen LogP contribution is -2.19. The Bertz CT molecular complexity index is 409. The van der Waals surface area contributed by atoms with Crippen molar-refractivity contribution in [3.8, 4) is 6.07 Å². The molecule has 3 nitrogen and oxygen atoms in total. The van der Waals surface area contributed by atoms with Crippen molar-refractivity contribution in [1.82, 2.24) is 0 Å². The molecule has 1 unspecified atom stereocenters. The summed E-state index contributed by atoms with van der Waals surface area (Å²) in [6.07, 6.45) is 0. The number of ketones is 1. The van der Waals surface area contributed by atoms with Crippen LogP contribution in [-0.4, -0.2) is 5.78 Å². The SMILES string of the molecule is CC(=O)C(N)c1cccc(C#N)c1Br. The Morgan fingerprint density at radius 1 is 1.64 bits per heavy atom. The second-order valence-electron chi connectivity index (χ2n) is 2.91. The predicted octanol–water partition coefficient (Wildman–Crippen LogP) is 1.91. The van der Waals surface area contributed by atoms with Gasteiger partial charge in [0.2, 0.25) is 0 Å². The van der Waals surface area contributed by atoms with Gasteiger partial charge in [-0.05, 0) is 34.5 Å². The minimum absolute atomic E-state index is 0.124. The fraction of sp³-hybridized carbons (Fsp3) is 0.200. The molecule has 0 bridgehead atoms. The van der Waals surface area contributed by atoms with E-state index in [-0.39, 0.29) is 5.78 Å². The van der Waals surface area contributed by atoms with Crippen LogP contribution in [0.15, 0.2) is 22.7 Å². The van der Waals surface area contributed by atoms with Gasteiger partial charge in [0.15, 0.2) is 5.78 Å². The standard InChI is InChI=1S/C10H9BrN2O/c1-6(14)10(13)8-4-2-3-7(5-12)9(8)11/h2-4,10H,13H2,1H3. The Kier molecular flexibility index (Phi) is 3.39. The van der Waals surface area contributed by atoms with E-state index in [9.17, 15) is 4.79 Å². The zero-order chi connectivity index (χ0) is 10.7. The highest BCUT2D eigenvalue weighted by Gasteiger charge is 2.15. The van der Waals surface area contributed by atoms with Gasteiger partial charge >= 0.3 is 0 Å². The molecule has 2 N–H and O–H groups in total. The average molecular weight is 253 g/mol. The van der Waals surface area contributed by atoms with Crippen molar-refractivity contribution in [2.24, 2.45) is 5.73 Å². The van der Waals surface area contributed by atoms with Crippen LogP contribution < -0.4 is 5.73 Å². The summed E-state index contributed by atoms with van der Waals surface area (Å²) in [4.78, 5) is 11.1. The zero-order valence-corrected chi connectivity index (χ0v) is 9.21. The normalized spacial score (nSPS) is 11.9. The van der Waals surface area contributed by atoms with Crippen LogP contribution in [0.2, 0.25) is 0 Å². The van der Waals surface area contributed by atoms with Crippen LogP contribution in [-0.2, 0) is 4.79 Å². The lowest BCUT2D eigenvalue weighted by Gasteiger charge is -2.10. The molecule has 0 aliphatic heterocycles. The predicted molar refractivity (Wildman–Crippen MR) is 56.5 cm³/mol. The van der Waals surface area contributed by atoms with E-state index >= 15 is 0 Å². The summed E-state index contributed by atoms with van der Waals surface area (Å²) in [6, 6.07) is 6.46. The van der Waals surface area contributed by atoms with Crippen molar-refractivity contribution in [2.75, 3.05) is 0 Å². The summed E-state index contributed by atoms with van der Waals surface area (Å²) in [5, 5.41) is 8.76. The summed E-state index contributed by atoms with van der Waals surface area (Å²) in [5.41, 5.74) is 6.81. The zero-order valence-electron chi connectivity index (χ0n) is 7.62. The summed E-state index contributed by atoms with van der Waals surface area (Å²) in [7, 11) is 0. The molecule has 0 saturated carbocycles. The molecule has 0 aliphatic rings. The first-order valence-corrected chi connectivity index (χ1v) is 4.81. The molecule has 1 atom stereocenters. The van der Waals surface area contributed by atoms with Gasteiger partial charge in [-0.1, -0.05) is 12.1 Å². The van der Waals surface area contributed by atoms with Crippen molar-refractivity contribution in [3.63, 3.8) is 0 Å². The maximum absolute atomic E-state index is 11.1. The number of nitrogens with two attached hydrogens (primary N) is 1. The van der Waals surface area contributed by atoms with Gasteiger partial charge in [-0.2, -0.15) is 5.26 Å². The molecule has 0 fully saturated rings. The fourth-order valence-electron chi connectivity index (χ4n) is 1.10. The van der Waals surface area contributed by atoms with Gasteiger partial charge in [-0.3, -0.25) is 4.79 Å². The van der Waals surface area contributed by atoms with Crippen LogP contribution >= 0.6 is 15.9 Å². The van der Waals surface area contributed by atoms with Crippen LogP contribution in [0.1, 0.15) is 24.1 Å². The first-order valence-electron chi connectivity index (χ1n) is 4.02. The average Bonchev–Trinajstić information content (AvgIpc) is 2.17. The van der Waals surface area contributed by atoms with Crippen molar-refractivity contribution >= 4 is 21.7 Å². The van der Waals surface area contributed by atoms with Gasteiger partial charge < -0.3 is 5.73 Å². The molecular formula is C10H9BrN2O. The molecule has 0 aliphatic carbocycles. The fourth-order valence-corrected chi connectivity index (χ4v) is 1.69. The van der Waals surface area contributed by atoms with E-state index in [1.54, 1.807) is 18.2 Å². The first-order chi connectivity index (χ1) is 6.57. The molecule has 0 amide bonds. The molecule has 14 heavy (non-hydrogen) atoms. The van der Waals surface area contributed by atoms with E-state index in [0.29, 0.717) is 15.6 Å². The molecule has 0 saturated heterocycles. The maximum Gasteiger partial charge on any atom is 0.151 e. The largest absolute Gasteiger partial charge is 0.318 e. The van der Waals surface area contributed by atoms with Crippen LogP contribution in [0.5, 0.6) is 0 Å². The van der Waals surface area contributed by atoms with E-state index in [1.165, 1.54) is 6.92 Å². The number of hydrogen-bond acceptors (Lipinski definition) is 3. The van der Waals surface area contributed by atoms with Crippen molar-refractivity contribution in [3.05, 3.63) is 33.8 Å². The van der Waals surface area contributed by atoms with Crippen molar-refractivity contribution < 1.29 is 4.79 Å². The van der Waals surface area contributed by atoms with Crippen LogP contribution in [0.4, 0.5) is 0 Å². The van der Waals surface area contributed by atoms with Crippen molar-refractivity contribution in [2.45, 2.75) is 13.0 Å². The van der Waals surface area contributed by atoms with E-state index in [0.717, 1.165) is 0 Å². The molecule has 4 heteroatoms. The van der Waals surface area contributed by atoms with Crippen LogP contribution in [0.3, 0.4) is 0 Å². The molecule has 72 valence electrons. The van der Waals surface area contributed by atoms with Crippen LogP contribution in [0.25, 0.3) is 0 Å².